The van der Waals surface area contributed by atoms with Crippen molar-refractivity contribution in [2.24, 2.45) is 22.9 Å². The lowest BCUT2D eigenvalue weighted by Gasteiger charge is -2.20. The van der Waals surface area contributed by atoms with Crippen LogP contribution in [0.5, 0.6) is 5.75 Å². The van der Waals surface area contributed by atoms with Crippen LogP contribution in [0.3, 0.4) is 0 Å². The Morgan fingerprint density at radius 2 is 1.82 bits per heavy atom. The molecule has 2 fully saturated rings. The largest absolute Gasteiger partial charge is 0.416 e. The number of hydrogen-bond donors (Lipinski definition) is 1. The Morgan fingerprint density at radius 3 is 2.45 bits per heavy atom. The number of hydrogen-bond acceptors (Lipinski definition) is 5. The molecule has 0 radical (unpaired) electrons. The molecule has 2 bridgehead atoms. The van der Waals surface area contributed by atoms with Gasteiger partial charge in [0.2, 0.25) is 5.91 Å². The third kappa shape index (κ3) is 5.55. The Kier molecular flexibility index (Phi) is 6.47. The molecule has 2 aliphatic rings. The molecular formula is C23H23F3N2O4S. The Morgan fingerprint density at radius 1 is 1.09 bits per heavy atom. The van der Waals surface area contributed by atoms with Gasteiger partial charge in [0.1, 0.15) is 4.90 Å². The predicted molar refractivity (Wildman–Crippen MR) is 115 cm³/mol. The minimum atomic E-state index is -4.58. The summed E-state index contributed by atoms with van der Waals surface area (Å²) in [5.41, 5.74) is 1.80. The summed E-state index contributed by atoms with van der Waals surface area (Å²) >= 11 is 0. The van der Waals surface area contributed by atoms with Gasteiger partial charge < -0.3 is 4.18 Å². The maximum atomic E-state index is 12.7. The number of nitrogens with one attached hydrogen (secondary N) is 1. The number of carbonyl (C=O) groups is 1. The first-order chi connectivity index (χ1) is 15.6. The van der Waals surface area contributed by atoms with Crippen LogP contribution >= 0.6 is 0 Å². The highest BCUT2D eigenvalue weighted by molar-refractivity contribution is 7.87. The van der Waals surface area contributed by atoms with E-state index in [1.54, 1.807) is 18.2 Å². The van der Waals surface area contributed by atoms with Crippen molar-refractivity contribution in [3.63, 3.8) is 0 Å². The molecule has 2 aliphatic carbocycles. The smallest absolute Gasteiger partial charge is 0.378 e. The molecule has 2 saturated carbocycles. The number of rotatable bonds is 7. The number of amides is 1. The van der Waals surface area contributed by atoms with Gasteiger partial charge in [0.25, 0.3) is 0 Å². The van der Waals surface area contributed by atoms with Crippen LogP contribution in [-0.2, 0) is 21.1 Å². The van der Waals surface area contributed by atoms with Crippen LogP contribution in [0.2, 0.25) is 0 Å². The Hall–Kier alpha value is -2.88. The molecule has 33 heavy (non-hydrogen) atoms. The SMILES string of the molecule is O=C(CC1C[C@@H]2CC[C@H]1C2)N/N=C/c1ccccc1OS(=O)(=O)c1ccc(C(F)(F)F)cc1. The van der Waals surface area contributed by atoms with E-state index in [2.05, 4.69) is 10.5 Å². The molecular weight excluding hydrogens is 457 g/mol. The number of halogens is 3. The normalized spacial score (nSPS) is 22.6. The number of carbonyl (C=O) groups excluding carboxylic acids is 1. The second kappa shape index (κ2) is 9.17. The van der Waals surface area contributed by atoms with Crippen molar-refractivity contribution in [3.05, 3.63) is 59.7 Å². The molecule has 1 N–H and O–H groups in total. The zero-order chi connectivity index (χ0) is 23.6. The number of benzene rings is 2. The lowest BCUT2D eigenvalue weighted by Crippen LogP contribution is -2.23. The second-order valence-electron chi connectivity index (χ2n) is 8.53. The third-order valence-electron chi connectivity index (χ3n) is 6.31. The van der Waals surface area contributed by atoms with Crippen molar-refractivity contribution in [2.45, 2.75) is 43.2 Å². The number of nitrogens with zero attached hydrogens (tertiary/aromatic N) is 1. The van der Waals surface area contributed by atoms with Gasteiger partial charge in [-0.1, -0.05) is 18.6 Å². The molecule has 0 saturated heterocycles. The molecule has 0 aliphatic heterocycles. The molecule has 176 valence electrons. The van der Waals surface area contributed by atoms with Crippen LogP contribution < -0.4 is 9.61 Å². The van der Waals surface area contributed by atoms with Crippen molar-refractivity contribution >= 4 is 22.2 Å². The van der Waals surface area contributed by atoms with Crippen LogP contribution in [0.4, 0.5) is 13.2 Å². The van der Waals surface area contributed by atoms with Gasteiger partial charge in [-0.15, -0.1) is 0 Å². The first-order valence-corrected chi connectivity index (χ1v) is 12.1. The number of fused-ring (bicyclic) bond motifs is 2. The predicted octanol–water partition coefficient (Wildman–Crippen LogP) is 4.75. The van der Waals surface area contributed by atoms with Gasteiger partial charge in [-0.2, -0.15) is 26.7 Å². The summed E-state index contributed by atoms with van der Waals surface area (Å²) in [5.74, 6) is 1.49. The Bertz CT molecular complexity index is 1150. The van der Waals surface area contributed by atoms with E-state index in [0.717, 1.165) is 24.5 Å². The molecule has 6 nitrogen and oxygen atoms in total. The minimum Gasteiger partial charge on any atom is -0.378 e. The quantitative estimate of drug-likeness (QED) is 0.352. The number of hydrazone groups is 1. The van der Waals surface area contributed by atoms with Crippen molar-refractivity contribution in [1.29, 1.82) is 0 Å². The molecule has 2 aromatic rings. The number of para-hydroxylation sites is 1. The van der Waals surface area contributed by atoms with Gasteiger partial charge in [-0.25, -0.2) is 5.43 Å². The standard InChI is InChI=1S/C23H23F3N2O4S/c24-23(25,26)19-7-9-20(10-8-19)33(30,31)32-21-4-2-1-3-17(21)14-27-28-22(29)13-18-12-15-5-6-16(18)11-15/h1-4,7-10,14-16,18H,5-6,11-13H2,(H,28,29)/b27-14+/t15-,16+,18?/m1/s1. The Balaban J connectivity index is 1.40. The Labute approximate surface area is 190 Å². The van der Waals surface area contributed by atoms with E-state index in [4.69, 9.17) is 4.18 Å². The summed E-state index contributed by atoms with van der Waals surface area (Å²) in [6, 6.07) is 9.14. The molecule has 0 aromatic heterocycles. The van der Waals surface area contributed by atoms with Crippen molar-refractivity contribution < 1.29 is 30.6 Å². The highest BCUT2D eigenvalue weighted by Gasteiger charge is 2.40. The zero-order valence-electron chi connectivity index (χ0n) is 17.6. The summed E-state index contributed by atoms with van der Waals surface area (Å²) in [5, 5.41) is 3.92. The lowest BCUT2D eigenvalue weighted by molar-refractivity contribution is -0.137. The highest BCUT2D eigenvalue weighted by atomic mass is 32.2. The van der Waals surface area contributed by atoms with Crippen LogP contribution in [-0.4, -0.2) is 20.5 Å². The molecule has 3 atom stereocenters. The van der Waals surface area contributed by atoms with E-state index in [1.807, 2.05) is 0 Å². The van der Waals surface area contributed by atoms with Gasteiger partial charge in [-0.3, -0.25) is 4.79 Å². The maximum absolute atomic E-state index is 12.7. The van der Waals surface area contributed by atoms with E-state index >= 15 is 0 Å². The topological polar surface area (TPSA) is 84.8 Å². The van der Waals surface area contributed by atoms with E-state index < -0.39 is 26.8 Å². The van der Waals surface area contributed by atoms with Gasteiger partial charge >= 0.3 is 16.3 Å². The van der Waals surface area contributed by atoms with Crippen LogP contribution in [0.15, 0.2) is 58.5 Å². The van der Waals surface area contributed by atoms with E-state index in [0.29, 0.717) is 30.4 Å². The fourth-order valence-corrected chi connectivity index (χ4v) is 5.68. The molecule has 1 unspecified atom stereocenters. The van der Waals surface area contributed by atoms with Crippen molar-refractivity contribution in [3.8, 4) is 5.75 Å². The molecule has 4 rings (SSSR count). The van der Waals surface area contributed by atoms with E-state index in [9.17, 15) is 26.4 Å². The van der Waals surface area contributed by atoms with Crippen LogP contribution in [0.25, 0.3) is 0 Å². The highest BCUT2D eigenvalue weighted by Crippen LogP contribution is 2.49. The first-order valence-electron chi connectivity index (χ1n) is 10.6. The number of alkyl halides is 3. The maximum Gasteiger partial charge on any atom is 0.416 e. The van der Waals surface area contributed by atoms with Gasteiger partial charge in [0.05, 0.1) is 11.8 Å². The summed E-state index contributed by atoms with van der Waals surface area (Å²) in [6.07, 6.45) is 1.85. The zero-order valence-corrected chi connectivity index (χ0v) is 18.4. The fourth-order valence-electron chi connectivity index (χ4n) is 4.72. The van der Waals surface area contributed by atoms with Gasteiger partial charge in [0.15, 0.2) is 5.75 Å². The summed E-state index contributed by atoms with van der Waals surface area (Å²) < 4.78 is 68.4. The fraction of sp³-hybridized carbons (Fsp3) is 0.391. The molecule has 2 aromatic carbocycles. The van der Waals surface area contributed by atoms with E-state index in [-0.39, 0.29) is 17.2 Å². The molecule has 0 spiro atoms. The van der Waals surface area contributed by atoms with Crippen LogP contribution in [0, 0.1) is 17.8 Å². The van der Waals surface area contributed by atoms with Crippen LogP contribution in [0.1, 0.15) is 43.2 Å². The lowest BCUT2D eigenvalue weighted by atomic mass is 9.86. The third-order valence-corrected chi connectivity index (χ3v) is 7.56. The second-order valence-corrected chi connectivity index (χ2v) is 10.1. The van der Waals surface area contributed by atoms with Crippen molar-refractivity contribution in [1.82, 2.24) is 5.43 Å². The molecule has 10 heteroatoms. The summed E-state index contributed by atoms with van der Waals surface area (Å²) in [6.45, 7) is 0. The van der Waals surface area contributed by atoms with E-state index in [1.165, 1.54) is 31.5 Å². The van der Waals surface area contributed by atoms with Gasteiger partial charge in [0, 0.05) is 12.0 Å². The average molecular weight is 481 g/mol. The summed E-state index contributed by atoms with van der Waals surface area (Å²) in [4.78, 5) is 11.8. The van der Waals surface area contributed by atoms with Crippen molar-refractivity contribution in [2.75, 3.05) is 0 Å². The molecule has 1 amide bonds. The first kappa shape index (κ1) is 23.3. The average Bonchev–Trinajstić information content (AvgIpc) is 3.37. The van der Waals surface area contributed by atoms with Gasteiger partial charge in [-0.05, 0) is 73.4 Å². The molecule has 0 heterocycles. The summed E-state index contributed by atoms with van der Waals surface area (Å²) in [7, 11) is -4.38. The monoisotopic (exact) mass is 480 g/mol. The minimum absolute atomic E-state index is 0.0662.